The van der Waals surface area contributed by atoms with E-state index in [1.807, 2.05) is 54.6 Å². The predicted molar refractivity (Wildman–Crippen MR) is 85.9 cm³/mol. The molecular formula is C18H19NO4. The Labute approximate surface area is 135 Å². The van der Waals surface area contributed by atoms with Crippen LogP contribution in [0.25, 0.3) is 0 Å². The quantitative estimate of drug-likeness (QED) is 0.809. The molecular weight excluding hydrogens is 294 g/mol. The molecule has 1 saturated heterocycles. The van der Waals surface area contributed by atoms with E-state index in [9.17, 15) is 4.79 Å². The lowest BCUT2D eigenvalue weighted by Gasteiger charge is -2.24. The van der Waals surface area contributed by atoms with Crippen LogP contribution in [0.2, 0.25) is 0 Å². The van der Waals surface area contributed by atoms with Crippen LogP contribution >= 0.6 is 0 Å². The number of ether oxygens (including phenoxy) is 2. The molecule has 1 aliphatic rings. The highest BCUT2D eigenvalue weighted by Crippen LogP contribution is 2.38. The van der Waals surface area contributed by atoms with Gasteiger partial charge in [-0.15, -0.1) is 0 Å². The zero-order chi connectivity index (χ0) is 16.2. The van der Waals surface area contributed by atoms with Crippen LogP contribution in [-0.2, 0) is 14.4 Å². The fraction of sp³-hybridized carbons (Fsp3) is 0.278. The second-order valence-corrected chi connectivity index (χ2v) is 5.33. The lowest BCUT2D eigenvalue weighted by Crippen LogP contribution is -2.23. The summed E-state index contributed by atoms with van der Waals surface area (Å²) in [6.07, 6.45) is -0.0133. The number of benzene rings is 2. The number of carbonyl (C=O) groups excluding carboxylic acids is 1. The van der Waals surface area contributed by atoms with E-state index in [2.05, 4.69) is 0 Å². The van der Waals surface area contributed by atoms with E-state index in [-0.39, 0.29) is 12.0 Å². The second-order valence-electron chi connectivity index (χ2n) is 5.33. The number of rotatable bonds is 4. The summed E-state index contributed by atoms with van der Waals surface area (Å²) in [4.78, 5) is 17.1. The number of methoxy groups -OCH3 is 1. The van der Waals surface area contributed by atoms with Crippen LogP contribution in [0.1, 0.15) is 24.9 Å². The Balaban J connectivity index is 1.88. The van der Waals surface area contributed by atoms with Crippen molar-refractivity contribution in [2.45, 2.75) is 25.7 Å². The van der Waals surface area contributed by atoms with Crippen LogP contribution in [0.5, 0.6) is 5.75 Å². The van der Waals surface area contributed by atoms with Gasteiger partial charge in [0.15, 0.2) is 0 Å². The molecule has 2 atom stereocenters. The first-order valence-corrected chi connectivity index (χ1v) is 7.49. The van der Waals surface area contributed by atoms with Crippen LogP contribution < -0.4 is 9.80 Å². The van der Waals surface area contributed by atoms with Gasteiger partial charge in [0.05, 0.1) is 18.8 Å². The fourth-order valence-electron chi connectivity index (χ4n) is 2.69. The molecule has 0 radical (unpaired) electrons. The van der Waals surface area contributed by atoms with Gasteiger partial charge in [-0.2, -0.15) is 0 Å². The number of esters is 1. The minimum atomic E-state index is -0.584. The van der Waals surface area contributed by atoms with Crippen molar-refractivity contribution >= 4 is 11.7 Å². The topological polar surface area (TPSA) is 48.0 Å². The standard InChI is InChI=1S/C18H19NO4/c1-13(20)22-18-12-17(14-8-10-16(21-2)11-9-14)19(23-18)15-6-4-3-5-7-15/h3-11,17-18H,12H2,1-2H3/t17-,18-/m0/s1. The van der Waals surface area contributed by atoms with Crippen LogP contribution in [0.4, 0.5) is 5.69 Å². The SMILES string of the molecule is COc1ccc([C@@H]2C[C@@H](OC(C)=O)ON2c2ccccc2)cc1. The Morgan fingerprint density at radius 3 is 2.43 bits per heavy atom. The summed E-state index contributed by atoms with van der Waals surface area (Å²) < 4.78 is 10.4. The summed E-state index contributed by atoms with van der Waals surface area (Å²) in [6, 6.07) is 17.6. The Morgan fingerprint density at radius 2 is 1.83 bits per heavy atom. The predicted octanol–water partition coefficient (Wildman–Crippen LogP) is 3.47. The number of anilines is 1. The van der Waals surface area contributed by atoms with Gasteiger partial charge < -0.3 is 9.47 Å². The molecule has 5 nitrogen and oxygen atoms in total. The van der Waals surface area contributed by atoms with Gasteiger partial charge in [-0.3, -0.25) is 4.79 Å². The first-order chi connectivity index (χ1) is 11.2. The maximum absolute atomic E-state index is 11.2. The average Bonchev–Trinajstić information content (AvgIpc) is 2.99. The zero-order valence-electron chi connectivity index (χ0n) is 13.1. The van der Waals surface area contributed by atoms with E-state index >= 15 is 0 Å². The molecule has 1 aliphatic heterocycles. The third-order valence-electron chi connectivity index (χ3n) is 3.74. The minimum absolute atomic E-state index is 0.0346. The Morgan fingerprint density at radius 1 is 1.13 bits per heavy atom. The summed E-state index contributed by atoms with van der Waals surface area (Å²) in [5, 5.41) is 1.80. The highest BCUT2D eigenvalue weighted by atomic mass is 16.8. The van der Waals surface area contributed by atoms with Crippen molar-refractivity contribution in [3.63, 3.8) is 0 Å². The third kappa shape index (κ3) is 3.46. The molecule has 0 aromatic heterocycles. The van der Waals surface area contributed by atoms with Gasteiger partial charge >= 0.3 is 5.97 Å². The molecule has 0 spiro atoms. The van der Waals surface area contributed by atoms with E-state index in [0.29, 0.717) is 6.42 Å². The van der Waals surface area contributed by atoms with Gasteiger partial charge in [0.2, 0.25) is 6.29 Å². The summed E-state index contributed by atoms with van der Waals surface area (Å²) in [5.41, 5.74) is 1.99. The van der Waals surface area contributed by atoms with Gasteiger partial charge in [-0.05, 0) is 29.8 Å². The monoisotopic (exact) mass is 313 g/mol. The molecule has 2 aromatic carbocycles. The molecule has 23 heavy (non-hydrogen) atoms. The van der Waals surface area contributed by atoms with Crippen molar-refractivity contribution < 1.29 is 19.1 Å². The van der Waals surface area contributed by atoms with Crippen molar-refractivity contribution in [2.75, 3.05) is 12.2 Å². The van der Waals surface area contributed by atoms with Crippen LogP contribution in [-0.4, -0.2) is 19.4 Å². The number of para-hydroxylation sites is 1. The van der Waals surface area contributed by atoms with Gasteiger partial charge in [0, 0.05) is 13.3 Å². The van der Waals surface area contributed by atoms with E-state index < -0.39 is 6.29 Å². The summed E-state index contributed by atoms with van der Waals surface area (Å²) in [5.74, 6) is 0.453. The van der Waals surface area contributed by atoms with Gasteiger partial charge in [-0.25, -0.2) is 9.90 Å². The third-order valence-corrected chi connectivity index (χ3v) is 3.74. The Kier molecular flexibility index (Phi) is 4.48. The van der Waals surface area contributed by atoms with E-state index in [1.54, 1.807) is 12.2 Å². The first-order valence-electron chi connectivity index (χ1n) is 7.49. The van der Waals surface area contributed by atoms with Crippen molar-refractivity contribution in [3.05, 3.63) is 60.2 Å². The van der Waals surface area contributed by atoms with Crippen LogP contribution in [0, 0.1) is 0 Å². The second kappa shape index (κ2) is 6.71. The Bertz CT molecular complexity index is 656. The molecule has 0 bridgehead atoms. The maximum atomic E-state index is 11.2. The highest BCUT2D eigenvalue weighted by Gasteiger charge is 2.36. The summed E-state index contributed by atoms with van der Waals surface area (Å²) in [6.45, 7) is 1.39. The normalized spacial score (nSPS) is 20.3. The maximum Gasteiger partial charge on any atom is 0.305 e. The molecule has 0 amide bonds. The largest absolute Gasteiger partial charge is 0.497 e. The van der Waals surface area contributed by atoms with E-state index in [4.69, 9.17) is 14.3 Å². The summed E-state index contributed by atoms with van der Waals surface area (Å²) >= 11 is 0. The highest BCUT2D eigenvalue weighted by molar-refractivity contribution is 5.66. The number of hydroxylamine groups is 1. The number of hydrogen-bond acceptors (Lipinski definition) is 5. The van der Waals surface area contributed by atoms with Crippen molar-refractivity contribution in [2.24, 2.45) is 0 Å². The van der Waals surface area contributed by atoms with E-state index in [1.165, 1.54) is 6.92 Å². The van der Waals surface area contributed by atoms with Crippen LogP contribution in [0.15, 0.2) is 54.6 Å². The number of carbonyl (C=O) groups is 1. The average molecular weight is 313 g/mol. The van der Waals surface area contributed by atoms with Crippen molar-refractivity contribution in [1.29, 1.82) is 0 Å². The first kappa shape index (κ1) is 15.4. The lowest BCUT2D eigenvalue weighted by atomic mass is 10.0. The molecule has 1 fully saturated rings. The minimum Gasteiger partial charge on any atom is -0.497 e. The number of hydrogen-bond donors (Lipinski definition) is 0. The van der Waals surface area contributed by atoms with Gasteiger partial charge in [0.1, 0.15) is 5.75 Å². The van der Waals surface area contributed by atoms with Crippen molar-refractivity contribution in [3.8, 4) is 5.75 Å². The van der Waals surface area contributed by atoms with Crippen molar-refractivity contribution in [1.82, 2.24) is 0 Å². The molecule has 2 aromatic rings. The zero-order valence-corrected chi connectivity index (χ0v) is 13.1. The Hall–Kier alpha value is -2.53. The lowest BCUT2D eigenvalue weighted by molar-refractivity contribution is -0.168. The molecule has 5 heteroatoms. The molecule has 0 aliphatic carbocycles. The molecule has 1 heterocycles. The molecule has 0 saturated carbocycles. The fourth-order valence-corrected chi connectivity index (χ4v) is 2.69. The van der Waals surface area contributed by atoms with Gasteiger partial charge in [-0.1, -0.05) is 30.3 Å². The molecule has 120 valence electrons. The van der Waals surface area contributed by atoms with Gasteiger partial charge in [0.25, 0.3) is 0 Å². The van der Waals surface area contributed by atoms with E-state index in [0.717, 1.165) is 17.0 Å². The molecule has 3 rings (SSSR count). The molecule has 0 unspecified atom stereocenters. The van der Waals surface area contributed by atoms with Crippen LogP contribution in [0.3, 0.4) is 0 Å². The smallest absolute Gasteiger partial charge is 0.305 e. The summed E-state index contributed by atoms with van der Waals surface area (Å²) in [7, 11) is 1.64. The molecule has 0 N–H and O–H groups in total. The number of nitrogens with zero attached hydrogens (tertiary/aromatic N) is 1.